The van der Waals surface area contributed by atoms with Crippen molar-refractivity contribution in [1.29, 1.82) is 0 Å². The van der Waals surface area contributed by atoms with Gasteiger partial charge < -0.3 is 4.42 Å². The maximum atomic E-state index is 5.99. The summed E-state index contributed by atoms with van der Waals surface area (Å²) in [6, 6.07) is 23.0. The topological polar surface area (TPSA) is 13.1 Å². The third-order valence-corrected chi connectivity index (χ3v) is 4.45. The van der Waals surface area contributed by atoms with Crippen molar-refractivity contribution >= 4 is 44.5 Å². The first-order chi connectivity index (χ1) is 9.83. The minimum absolute atomic E-state index is 0.950. The van der Waals surface area contributed by atoms with Crippen molar-refractivity contribution in [2.24, 2.45) is 0 Å². The van der Waals surface area contributed by atoms with Crippen LogP contribution in [0.3, 0.4) is 0 Å². The molecule has 96 valence electrons. The van der Waals surface area contributed by atoms with Gasteiger partial charge in [-0.1, -0.05) is 42.5 Å². The Bertz CT molecular complexity index is 907. The van der Waals surface area contributed by atoms with E-state index in [-0.39, 0.29) is 0 Å². The van der Waals surface area contributed by atoms with Gasteiger partial charge >= 0.3 is 0 Å². The van der Waals surface area contributed by atoms with Gasteiger partial charge in [-0.3, -0.25) is 0 Å². The fourth-order valence-electron chi connectivity index (χ4n) is 2.59. The Morgan fingerprint density at radius 2 is 1.55 bits per heavy atom. The van der Waals surface area contributed by atoms with Crippen molar-refractivity contribution in [2.45, 2.75) is 0 Å². The minimum atomic E-state index is 0.950. The first-order valence-corrected chi connectivity index (χ1v) is 7.57. The molecule has 0 spiro atoms. The van der Waals surface area contributed by atoms with Crippen LogP contribution in [0.25, 0.3) is 33.1 Å². The third-order valence-electron chi connectivity index (χ3n) is 3.55. The Morgan fingerprint density at radius 1 is 0.700 bits per heavy atom. The molecule has 0 amide bonds. The predicted octanol–water partition coefficient (Wildman–Crippen LogP) is 5.86. The van der Waals surface area contributed by atoms with Gasteiger partial charge in [0, 0.05) is 14.3 Å². The number of furan rings is 1. The van der Waals surface area contributed by atoms with Gasteiger partial charge in [0.25, 0.3) is 0 Å². The molecule has 0 atom stereocenters. The van der Waals surface area contributed by atoms with Crippen LogP contribution < -0.4 is 0 Å². The first kappa shape index (κ1) is 12.0. The van der Waals surface area contributed by atoms with E-state index in [2.05, 4.69) is 71.1 Å². The van der Waals surface area contributed by atoms with Crippen molar-refractivity contribution in [2.75, 3.05) is 0 Å². The number of benzene rings is 3. The Labute approximate surface area is 130 Å². The van der Waals surface area contributed by atoms with Crippen molar-refractivity contribution in [3.8, 4) is 11.1 Å². The second-order valence-electron chi connectivity index (χ2n) is 4.79. The van der Waals surface area contributed by atoms with E-state index in [0.29, 0.717) is 0 Å². The highest BCUT2D eigenvalue weighted by Gasteiger charge is 2.10. The van der Waals surface area contributed by atoms with E-state index >= 15 is 0 Å². The fourth-order valence-corrected chi connectivity index (χ4v) is 3.36. The van der Waals surface area contributed by atoms with Crippen LogP contribution in [0.5, 0.6) is 0 Å². The van der Waals surface area contributed by atoms with Crippen molar-refractivity contribution in [3.05, 3.63) is 70.3 Å². The molecule has 0 bridgehead atoms. The zero-order valence-electron chi connectivity index (χ0n) is 10.6. The summed E-state index contributed by atoms with van der Waals surface area (Å²) in [5.74, 6) is 0. The van der Waals surface area contributed by atoms with Crippen LogP contribution in [0.1, 0.15) is 0 Å². The molecular weight excluding hydrogens is 359 g/mol. The van der Waals surface area contributed by atoms with Crippen LogP contribution in [-0.2, 0) is 0 Å². The number of hydrogen-bond donors (Lipinski definition) is 0. The Morgan fingerprint density at radius 3 is 2.40 bits per heavy atom. The van der Waals surface area contributed by atoms with Gasteiger partial charge in [0.05, 0.1) is 0 Å². The van der Waals surface area contributed by atoms with E-state index in [1.165, 1.54) is 25.5 Å². The van der Waals surface area contributed by atoms with Crippen LogP contribution in [0.2, 0.25) is 0 Å². The van der Waals surface area contributed by atoms with Gasteiger partial charge in [-0.05, 0) is 58.0 Å². The summed E-state index contributed by atoms with van der Waals surface area (Å²) in [6.07, 6.45) is 0. The number of fused-ring (bicyclic) bond motifs is 3. The zero-order valence-corrected chi connectivity index (χ0v) is 12.8. The van der Waals surface area contributed by atoms with Crippen molar-refractivity contribution in [3.63, 3.8) is 0 Å². The summed E-state index contributed by atoms with van der Waals surface area (Å²) >= 11 is 2.36. The quantitative estimate of drug-likeness (QED) is 0.383. The van der Waals surface area contributed by atoms with E-state index in [1.807, 2.05) is 18.2 Å². The third kappa shape index (κ3) is 1.83. The monoisotopic (exact) mass is 370 g/mol. The molecule has 0 fully saturated rings. The fraction of sp³-hybridized carbons (Fsp3) is 0. The number of rotatable bonds is 1. The van der Waals surface area contributed by atoms with Gasteiger partial charge in [0.1, 0.15) is 11.2 Å². The van der Waals surface area contributed by atoms with Crippen molar-refractivity contribution < 1.29 is 4.42 Å². The Balaban J connectivity index is 2.01. The lowest BCUT2D eigenvalue weighted by molar-refractivity contribution is 0.669. The van der Waals surface area contributed by atoms with Crippen LogP contribution in [0.4, 0.5) is 0 Å². The summed E-state index contributed by atoms with van der Waals surface area (Å²) < 4.78 is 7.22. The first-order valence-electron chi connectivity index (χ1n) is 6.49. The molecule has 0 aliphatic carbocycles. The second kappa shape index (κ2) is 4.63. The summed E-state index contributed by atoms with van der Waals surface area (Å²) in [5, 5.41) is 2.40. The average molecular weight is 370 g/mol. The maximum absolute atomic E-state index is 5.99. The van der Waals surface area contributed by atoms with Gasteiger partial charge in [-0.15, -0.1) is 0 Å². The molecule has 20 heavy (non-hydrogen) atoms. The van der Waals surface area contributed by atoms with Crippen LogP contribution >= 0.6 is 22.6 Å². The van der Waals surface area contributed by atoms with Crippen LogP contribution in [-0.4, -0.2) is 0 Å². The zero-order chi connectivity index (χ0) is 13.5. The lowest BCUT2D eigenvalue weighted by Gasteiger charge is -2.00. The SMILES string of the molecule is Ic1cccc2oc3cc(-c4ccccc4)ccc3c12. The summed E-state index contributed by atoms with van der Waals surface area (Å²) in [7, 11) is 0. The second-order valence-corrected chi connectivity index (χ2v) is 5.95. The van der Waals surface area contributed by atoms with Crippen molar-refractivity contribution in [1.82, 2.24) is 0 Å². The summed E-state index contributed by atoms with van der Waals surface area (Å²) in [6.45, 7) is 0. The van der Waals surface area contributed by atoms with Gasteiger partial charge in [-0.25, -0.2) is 0 Å². The molecular formula is C18H11IO. The lowest BCUT2D eigenvalue weighted by Crippen LogP contribution is -1.77. The van der Waals surface area contributed by atoms with Gasteiger partial charge in [-0.2, -0.15) is 0 Å². The Kier molecular flexibility index (Phi) is 2.77. The maximum Gasteiger partial charge on any atom is 0.136 e. The predicted molar refractivity (Wildman–Crippen MR) is 91.9 cm³/mol. The number of halogens is 1. The summed E-state index contributed by atoms with van der Waals surface area (Å²) in [4.78, 5) is 0. The highest BCUT2D eigenvalue weighted by atomic mass is 127. The smallest absolute Gasteiger partial charge is 0.136 e. The summed E-state index contributed by atoms with van der Waals surface area (Å²) in [5.41, 5.74) is 4.30. The molecule has 3 aromatic carbocycles. The lowest BCUT2D eigenvalue weighted by atomic mass is 10.0. The molecule has 2 heteroatoms. The standard InChI is InChI=1S/C18H11IO/c19-15-7-4-8-16-18(15)14-10-9-13(11-17(14)20-16)12-5-2-1-3-6-12/h1-11H. The normalized spacial score (nSPS) is 11.2. The molecule has 0 saturated carbocycles. The highest BCUT2D eigenvalue weighted by Crippen LogP contribution is 2.34. The Hall–Kier alpha value is -1.81. The molecule has 0 saturated heterocycles. The van der Waals surface area contributed by atoms with E-state index in [0.717, 1.165) is 11.2 Å². The molecule has 4 rings (SSSR count). The van der Waals surface area contributed by atoms with E-state index in [1.54, 1.807) is 0 Å². The van der Waals surface area contributed by atoms with E-state index in [9.17, 15) is 0 Å². The molecule has 4 aromatic rings. The molecule has 1 aromatic heterocycles. The van der Waals surface area contributed by atoms with E-state index in [4.69, 9.17) is 4.42 Å². The highest BCUT2D eigenvalue weighted by molar-refractivity contribution is 14.1. The minimum Gasteiger partial charge on any atom is -0.456 e. The molecule has 1 heterocycles. The largest absolute Gasteiger partial charge is 0.456 e. The molecule has 0 aliphatic heterocycles. The van der Waals surface area contributed by atoms with Gasteiger partial charge in [0.2, 0.25) is 0 Å². The molecule has 0 unspecified atom stereocenters. The molecule has 0 aliphatic rings. The van der Waals surface area contributed by atoms with Crippen LogP contribution in [0, 0.1) is 3.57 Å². The van der Waals surface area contributed by atoms with E-state index < -0.39 is 0 Å². The molecule has 1 nitrogen and oxygen atoms in total. The number of hydrogen-bond acceptors (Lipinski definition) is 1. The average Bonchev–Trinajstić information content (AvgIpc) is 2.87. The van der Waals surface area contributed by atoms with Crippen LogP contribution in [0.15, 0.2) is 71.1 Å². The molecule has 0 radical (unpaired) electrons. The molecule has 0 N–H and O–H groups in total. The van der Waals surface area contributed by atoms with Gasteiger partial charge in [0.15, 0.2) is 0 Å².